The molecule has 1 saturated heterocycles. The van der Waals surface area contributed by atoms with Gasteiger partial charge in [0.2, 0.25) is 0 Å². The highest BCUT2D eigenvalue weighted by atomic mass is 32.2. The number of carboxylic acids is 1. The highest BCUT2D eigenvalue weighted by molar-refractivity contribution is 7.87. The molecule has 3 atom stereocenters. The number of carbonyl (C=O) groups is 1. The van der Waals surface area contributed by atoms with Crippen molar-refractivity contribution < 1.29 is 18.3 Å². The quantitative estimate of drug-likeness (QED) is 0.763. The Labute approximate surface area is 102 Å². The van der Waals surface area contributed by atoms with Gasteiger partial charge in [-0.1, -0.05) is 13.8 Å². The molecule has 0 bridgehead atoms. The molecule has 2 N–H and O–H groups in total. The minimum absolute atomic E-state index is 0.301. The van der Waals surface area contributed by atoms with Crippen molar-refractivity contribution in [1.82, 2.24) is 9.03 Å². The first-order valence-corrected chi connectivity index (χ1v) is 7.16. The number of piperidine rings is 1. The predicted octanol–water partition coefficient (Wildman–Crippen LogP) is 0.272. The molecule has 1 heterocycles. The topological polar surface area (TPSA) is 86.7 Å². The molecule has 7 heteroatoms. The van der Waals surface area contributed by atoms with Crippen molar-refractivity contribution in [2.24, 2.45) is 11.8 Å². The summed E-state index contributed by atoms with van der Waals surface area (Å²) < 4.78 is 27.4. The summed E-state index contributed by atoms with van der Waals surface area (Å²) in [4.78, 5) is 10.6. The van der Waals surface area contributed by atoms with Crippen molar-refractivity contribution in [1.29, 1.82) is 0 Å². The first-order chi connectivity index (χ1) is 7.72. The molecule has 1 aliphatic heterocycles. The highest BCUT2D eigenvalue weighted by Crippen LogP contribution is 2.22. The van der Waals surface area contributed by atoms with Gasteiger partial charge in [0.15, 0.2) is 0 Å². The molecule has 1 rings (SSSR count). The van der Waals surface area contributed by atoms with E-state index < -0.39 is 22.2 Å². The van der Waals surface area contributed by atoms with Gasteiger partial charge in [-0.25, -0.2) is 0 Å². The van der Waals surface area contributed by atoms with Crippen LogP contribution in [0.25, 0.3) is 0 Å². The van der Waals surface area contributed by atoms with Crippen molar-refractivity contribution in [3.05, 3.63) is 0 Å². The lowest BCUT2D eigenvalue weighted by molar-refractivity contribution is -0.138. The second-order valence-corrected chi connectivity index (χ2v) is 6.65. The lowest BCUT2D eigenvalue weighted by Gasteiger charge is -2.34. The third-order valence-corrected chi connectivity index (χ3v) is 4.50. The first kappa shape index (κ1) is 14.4. The summed E-state index contributed by atoms with van der Waals surface area (Å²) >= 11 is 0. The summed E-state index contributed by atoms with van der Waals surface area (Å²) in [6.45, 7) is 6.21. The van der Waals surface area contributed by atoms with Gasteiger partial charge in [0.05, 0.1) is 0 Å². The summed E-state index contributed by atoms with van der Waals surface area (Å²) in [5.41, 5.74) is 0. The molecule has 1 fully saturated rings. The van der Waals surface area contributed by atoms with Crippen LogP contribution in [0.5, 0.6) is 0 Å². The minimum atomic E-state index is -3.69. The molecule has 0 radical (unpaired) electrons. The van der Waals surface area contributed by atoms with Crippen molar-refractivity contribution in [2.75, 3.05) is 13.1 Å². The molecule has 100 valence electrons. The van der Waals surface area contributed by atoms with Crippen molar-refractivity contribution >= 4 is 16.2 Å². The minimum Gasteiger partial charge on any atom is -0.480 e. The van der Waals surface area contributed by atoms with Crippen LogP contribution in [0.4, 0.5) is 0 Å². The van der Waals surface area contributed by atoms with Gasteiger partial charge >= 0.3 is 5.97 Å². The molecule has 0 saturated carbocycles. The molecule has 2 unspecified atom stereocenters. The van der Waals surface area contributed by atoms with Crippen LogP contribution in [-0.2, 0) is 15.0 Å². The van der Waals surface area contributed by atoms with E-state index in [9.17, 15) is 13.2 Å². The van der Waals surface area contributed by atoms with E-state index in [1.54, 1.807) is 0 Å². The number of aliphatic carboxylic acids is 1. The highest BCUT2D eigenvalue weighted by Gasteiger charge is 2.32. The Kier molecular flexibility index (Phi) is 4.51. The van der Waals surface area contributed by atoms with Gasteiger partial charge in [-0.2, -0.15) is 17.4 Å². The summed E-state index contributed by atoms with van der Waals surface area (Å²) in [7, 11) is -3.69. The van der Waals surface area contributed by atoms with Gasteiger partial charge in [0, 0.05) is 13.1 Å². The lowest BCUT2D eigenvalue weighted by Crippen LogP contribution is -2.51. The zero-order valence-electron chi connectivity index (χ0n) is 10.4. The van der Waals surface area contributed by atoms with Crippen LogP contribution in [0.2, 0.25) is 0 Å². The molecule has 0 aromatic heterocycles. The largest absolute Gasteiger partial charge is 0.480 e. The van der Waals surface area contributed by atoms with Crippen LogP contribution in [0.3, 0.4) is 0 Å². The number of hydrogen-bond donors (Lipinski definition) is 2. The van der Waals surface area contributed by atoms with E-state index in [-0.39, 0.29) is 0 Å². The first-order valence-electron chi connectivity index (χ1n) is 5.72. The van der Waals surface area contributed by atoms with Gasteiger partial charge in [-0.3, -0.25) is 4.79 Å². The summed E-state index contributed by atoms with van der Waals surface area (Å²) in [6, 6.07) is -1.10. The summed E-state index contributed by atoms with van der Waals surface area (Å²) in [5, 5.41) is 8.70. The van der Waals surface area contributed by atoms with E-state index in [1.165, 1.54) is 11.2 Å². The monoisotopic (exact) mass is 264 g/mol. The number of hydrogen-bond acceptors (Lipinski definition) is 3. The van der Waals surface area contributed by atoms with E-state index in [2.05, 4.69) is 4.72 Å². The van der Waals surface area contributed by atoms with Crippen LogP contribution in [0, 0.1) is 11.8 Å². The zero-order valence-corrected chi connectivity index (χ0v) is 11.2. The van der Waals surface area contributed by atoms with Crippen LogP contribution in [0.15, 0.2) is 0 Å². The molecule has 6 nitrogen and oxygen atoms in total. The third kappa shape index (κ3) is 3.93. The second-order valence-electron chi connectivity index (χ2n) is 4.95. The van der Waals surface area contributed by atoms with Gasteiger partial charge in [0.25, 0.3) is 10.2 Å². The Morgan fingerprint density at radius 1 is 1.35 bits per heavy atom. The second kappa shape index (κ2) is 5.32. The maximum absolute atomic E-state index is 11.9. The van der Waals surface area contributed by atoms with E-state index in [1.807, 2.05) is 13.8 Å². The van der Waals surface area contributed by atoms with E-state index in [4.69, 9.17) is 5.11 Å². The molecular formula is C10H20N2O4S. The van der Waals surface area contributed by atoms with Crippen molar-refractivity contribution in [3.8, 4) is 0 Å². The predicted molar refractivity (Wildman–Crippen MR) is 63.7 cm³/mol. The molecule has 0 aromatic rings. The Morgan fingerprint density at radius 2 is 1.82 bits per heavy atom. The zero-order chi connectivity index (χ0) is 13.2. The lowest BCUT2D eigenvalue weighted by atomic mass is 9.94. The molecule has 1 aliphatic rings. The third-order valence-electron chi connectivity index (χ3n) is 2.87. The maximum atomic E-state index is 11.9. The van der Waals surface area contributed by atoms with Crippen molar-refractivity contribution in [2.45, 2.75) is 33.2 Å². The Morgan fingerprint density at radius 3 is 2.24 bits per heavy atom. The number of carboxylic acid groups (broad SMARTS) is 1. The summed E-state index contributed by atoms with van der Waals surface area (Å²) in [5.74, 6) is -0.572. The molecular weight excluding hydrogens is 244 g/mol. The van der Waals surface area contributed by atoms with Crippen LogP contribution in [-0.4, -0.2) is 42.9 Å². The van der Waals surface area contributed by atoms with Crippen LogP contribution >= 0.6 is 0 Å². The molecule has 0 aromatic carbocycles. The Balaban J connectivity index is 2.73. The standard InChI is InChI=1S/C10H20N2O4S/c1-7-4-8(2)6-12(5-7)17(15,16)11-9(3)10(13)14/h7-9,11H,4-6H2,1-3H3,(H,13,14)/t7?,8?,9-/m1/s1. The SMILES string of the molecule is CC1CC(C)CN(S(=O)(=O)N[C@H](C)C(=O)O)C1. The Bertz CT molecular complexity index is 372. The number of nitrogens with one attached hydrogen (secondary N) is 1. The molecule has 17 heavy (non-hydrogen) atoms. The Hall–Kier alpha value is -0.660. The molecule has 0 spiro atoms. The van der Waals surface area contributed by atoms with Gasteiger partial charge in [-0.15, -0.1) is 0 Å². The average molecular weight is 264 g/mol. The van der Waals surface area contributed by atoms with Gasteiger partial charge in [0.1, 0.15) is 6.04 Å². The van der Waals surface area contributed by atoms with Gasteiger partial charge < -0.3 is 5.11 Å². The fraction of sp³-hybridized carbons (Fsp3) is 0.900. The molecule has 0 aliphatic carbocycles. The van der Waals surface area contributed by atoms with E-state index in [0.717, 1.165) is 6.42 Å². The smallest absolute Gasteiger partial charge is 0.321 e. The van der Waals surface area contributed by atoms with Gasteiger partial charge in [-0.05, 0) is 25.2 Å². The van der Waals surface area contributed by atoms with Crippen molar-refractivity contribution in [3.63, 3.8) is 0 Å². The molecule has 0 amide bonds. The fourth-order valence-electron chi connectivity index (χ4n) is 2.15. The van der Waals surface area contributed by atoms with E-state index in [0.29, 0.717) is 24.9 Å². The summed E-state index contributed by atoms with van der Waals surface area (Å²) in [6.07, 6.45) is 1.00. The maximum Gasteiger partial charge on any atom is 0.321 e. The normalized spacial score (nSPS) is 28.9. The fourth-order valence-corrected chi connectivity index (χ4v) is 3.75. The van der Waals surface area contributed by atoms with E-state index >= 15 is 0 Å². The average Bonchev–Trinajstić information content (AvgIpc) is 2.15. The number of nitrogens with zero attached hydrogens (tertiary/aromatic N) is 1. The van der Waals surface area contributed by atoms with Crippen LogP contribution in [0.1, 0.15) is 27.2 Å². The van der Waals surface area contributed by atoms with Crippen LogP contribution < -0.4 is 4.72 Å². The number of rotatable bonds is 4.